The average Bonchev–Trinajstić information content (AvgIpc) is 2.75. The second kappa shape index (κ2) is 6.11. The molecule has 2 aromatic rings. The first-order valence-corrected chi connectivity index (χ1v) is 7.04. The van der Waals surface area contributed by atoms with Crippen LogP contribution in [0.3, 0.4) is 0 Å². The van der Waals surface area contributed by atoms with Crippen LogP contribution < -0.4 is 5.32 Å². The van der Waals surface area contributed by atoms with Crippen LogP contribution in [0.15, 0.2) is 40.2 Å². The molecule has 0 aliphatic carbocycles. The van der Waals surface area contributed by atoms with Gasteiger partial charge in [0.05, 0.1) is 9.35 Å². The van der Waals surface area contributed by atoms with E-state index in [0.29, 0.717) is 6.54 Å². The molecule has 1 heterocycles. The second-order valence-corrected chi connectivity index (χ2v) is 6.24. The number of hydrogen-bond donors (Lipinski definition) is 1. The molecule has 2 rings (SSSR count). The highest BCUT2D eigenvalue weighted by atomic mass is 79.9. The van der Waals surface area contributed by atoms with Crippen LogP contribution in [0, 0.1) is 5.82 Å². The Labute approximate surface area is 117 Å². The summed E-state index contributed by atoms with van der Waals surface area (Å²) in [6, 6.07) is 9.95. The summed E-state index contributed by atoms with van der Waals surface area (Å²) in [5.74, 6) is -0.863. The fourth-order valence-corrected chi connectivity index (χ4v) is 3.01. The number of hydrogen-bond acceptors (Lipinski definition) is 2. The van der Waals surface area contributed by atoms with Crippen molar-refractivity contribution in [1.82, 2.24) is 5.32 Å². The van der Waals surface area contributed by atoms with Crippen molar-refractivity contribution in [3.63, 3.8) is 0 Å². The van der Waals surface area contributed by atoms with E-state index in [-0.39, 0.29) is 11.5 Å². The SMILES string of the molecule is O=C(NCCc1ccc(Br)s1)c1ccccc1F. The molecule has 0 bridgehead atoms. The van der Waals surface area contributed by atoms with E-state index in [4.69, 9.17) is 0 Å². The van der Waals surface area contributed by atoms with Crippen molar-refractivity contribution in [2.45, 2.75) is 6.42 Å². The zero-order valence-electron chi connectivity index (χ0n) is 9.45. The predicted molar refractivity (Wildman–Crippen MR) is 74.5 cm³/mol. The third-order valence-corrected chi connectivity index (χ3v) is 4.09. The lowest BCUT2D eigenvalue weighted by molar-refractivity contribution is 0.0950. The lowest BCUT2D eigenvalue weighted by Crippen LogP contribution is -2.26. The molecule has 0 atom stereocenters. The summed E-state index contributed by atoms with van der Waals surface area (Å²) in [6.07, 6.45) is 0.746. The van der Waals surface area contributed by atoms with Gasteiger partial charge in [-0.3, -0.25) is 4.79 Å². The molecule has 0 unspecified atom stereocenters. The fourth-order valence-electron chi connectivity index (χ4n) is 1.53. The molecule has 1 aromatic heterocycles. The zero-order valence-corrected chi connectivity index (χ0v) is 11.9. The minimum Gasteiger partial charge on any atom is -0.352 e. The maximum absolute atomic E-state index is 13.3. The summed E-state index contributed by atoms with van der Waals surface area (Å²) in [6.45, 7) is 0.500. The van der Waals surface area contributed by atoms with Gasteiger partial charge in [0.25, 0.3) is 5.91 Å². The van der Waals surface area contributed by atoms with Crippen LogP contribution in [-0.2, 0) is 6.42 Å². The quantitative estimate of drug-likeness (QED) is 0.912. The van der Waals surface area contributed by atoms with E-state index in [0.717, 1.165) is 10.2 Å². The third-order valence-electron chi connectivity index (χ3n) is 2.40. The van der Waals surface area contributed by atoms with Gasteiger partial charge in [0, 0.05) is 11.4 Å². The highest BCUT2D eigenvalue weighted by Gasteiger charge is 2.09. The predicted octanol–water partition coefficient (Wildman–Crippen LogP) is 3.62. The highest BCUT2D eigenvalue weighted by molar-refractivity contribution is 9.11. The van der Waals surface area contributed by atoms with Crippen LogP contribution in [0.25, 0.3) is 0 Å². The van der Waals surface area contributed by atoms with Gasteiger partial charge >= 0.3 is 0 Å². The van der Waals surface area contributed by atoms with Gasteiger partial charge in [0.15, 0.2) is 0 Å². The smallest absolute Gasteiger partial charge is 0.254 e. The van der Waals surface area contributed by atoms with Gasteiger partial charge in [0.2, 0.25) is 0 Å². The molecule has 1 aromatic carbocycles. The number of carbonyl (C=O) groups is 1. The lowest BCUT2D eigenvalue weighted by Gasteiger charge is -2.04. The van der Waals surface area contributed by atoms with Crippen LogP contribution in [-0.4, -0.2) is 12.5 Å². The van der Waals surface area contributed by atoms with E-state index in [1.54, 1.807) is 23.5 Å². The first-order chi connectivity index (χ1) is 8.66. The van der Waals surface area contributed by atoms with Gasteiger partial charge < -0.3 is 5.32 Å². The Bertz CT molecular complexity index is 555. The Morgan fingerprint density at radius 2 is 2.06 bits per heavy atom. The normalized spacial score (nSPS) is 10.3. The van der Waals surface area contributed by atoms with E-state index >= 15 is 0 Å². The molecule has 0 radical (unpaired) electrons. The first kappa shape index (κ1) is 13.2. The second-order valence-electron chi connectivity index (χ2n) is 3.69. The highest BCUT2D eigenvalue weighted by Crippen LogP contribution is 2.22. The number of thiophene rings is 1. The molecule has 0 aliphatic heterocycles. The molecule has 94 valence electrons. The summed E-state index contributed by atoms with van der Waals surface area (Å²) in [5, 5.41) is 2.71. The summed E-state index contributed by atoms with van der Waals surface area (Å²) >= 11 is 5.01. The lowest BCUT2D eigenvalue weighted by atomic mass is 10.2. The molecule has 0 aliphatic rings. The van der Waals surface area contributed by atoms with Crippen LogP contribution in [0.2, 0.25) is 0 Å². The maximum Gasteiger partial charge on any atom is 0.254 e. The number of benzene rings is 1. The maximum atomic E-state index is 13.3. The molecule has 18 heavy (non-hydrogen) atoms. The van der Waals surface area contributed by atoms with E-state index in [9.17, 15) is 9.18 Å². The molecular formula is C13H11BrFNOS. The summed E-state index contributed by atoms with van der Waals surface area (Å²) in [4.78, 5) is 12.9. The van der Waals surface area contributed by atoms with Crippen molar-refractivity contribution < 1.29 is 9.18 Å². The average molecular weight is 328 g/mol. The minimum absolute atomic E-state index is 0.0878. The molecule has 2 nitrogen and oxygen atoms in total. The molecule has 0 saturated heterocycles. The number of halogens is 2. The first-order valence-electron chi connectivity index (χ1n) is 5.44. The minimum atomic E-state index is -0.492. The number of nitrogens with one attached hydrogen (secondary N) is 1. The summed E-state index contributed by atoms with van der Waals surface area (Å²) in [7, 11) is 0. The van der Waals surface area contributed by atoms with Gasteiger partial charge in [-0.1, -0.05) is 12.1 Å². The van der Waals surface area contributed by atoms with E-state index in [1.807, 2.05) is 12.1 Å². The van der Waals surface area contributed by atoms with Gasteiger partial charge in [-0.2, -0.15) is 0 Å². The third kappa shape index (κ3) is 3.40. The monoisotopic (exact) mass is 327 g/mol. The molecule has 0 saturated carbocycles. The van der Waals surface area contributed by atoms with E-state index in [1.165, 1.54) is 17.0 Å². The Morgan fingerprint density at radius 3 is 2.72 bits per heavy atom. The van der Waals surface area contributed by atoms with Gasteiger partial charge in [-0.05, 0) is 46.6 Å². The largest absolute Gasteiger partial charge is 0.352 e. The topological polar surface area (TPSA) is 29.1 Å². The van der Waals surface area contributed by atoms with E-state index < -0.39 is 5.82 Å². The van der Waals surface area contributed by atoms with E-state index in [2.05, 4.69) is 21.2 Å². The molecule has 0 spiro atoms. The Balaban J connectivity index is 1.87. The molecule has 5 heteroatoms. The number of rotatable bonds is 4. The van der Waals surface area contributed by atoms with Gasteiger partial charge in [0.1, 0.15) is 5.82 Å². The fraction of sp³-hybridized carbons (Fsp3) is 0.154. The Morgan fingerprint density at radius 1 is 1.28 bits per heavy atom. The summed E-state index contributed by atoms with van der Waals surface area (Å²) in [5.41, 5.74) is 0.0878. The van der Waals surface area contributed by atoms with Crippen molar-refractivity contribution in [2.24, 2.45) is 0 Å². The summed E-state index contributed by atoms with van der Waals surface area (Å²) < 4.78 is 14.4. The van der Waals surface area contributed by atoms with Crippen LogP contribution >= 0.6 is 27.3 Å². The van der Waals surface area contributed by atoms with Crippen LogP contribution in [0.4, 0.5) is 4.39 Å². The van der Waals surface area contributed by atoms with Crippen LogP contribution in [0.1, 0.15) is 15.2 Å². The molecule has 1 N–H and O–H groups in total. The Kier molecular flexibility index (Phi) is 4.49. The number of carbonyl (C=O) groups excluding carboxylic acids is 1. The molecule has 1 amide bonds. The van der Waals surface area contributed by atoms with Crippen molar-refractivity contribution >= 4 is 33.2 Å². The van der Waals surface area contributed by atoms with Crippen molar-refractivity contribution in [2.75, 3.05) is 6.54 Å². The van der Waals surface area contributed by atoms with Gasteiger partial charge in [-0.25, -0.2) is 4.39 Å². The van der Waals surface area contributed by atoms with Crippen molar-refractivity contribution in [3.05, 3.63) is 56.4 Å². The molecule has 0 fully saturated rings. The molecular weight excluding hydrogens is 317 g/mol. The van der Waals surface area contributed by atoms with Crippen LogP contribution in [0.5, 0.6) is 0 Å². The van der Waals surface area contributed by atoms with Crippen molar-refractivity contribution in [1.29, 1.82) is 0 Å². The zero-order chi connectivity index (χ0) is 13.0. The Hall–Kier alpha value is -1.20. The number of amides is 1. The standard InChI is InChI=1S/C13H11BrFNOS/c14-12-6-5-9(18-12)7-8-16-13(17)10-3-1-2-4-11(10)15/h1-6H,7-8H2,(H,16,17). The van der Waals surface area contributed by atoms with Crippen molar-refractivity contribution in [3.8, 4) is 0 Å². The van der Waals surface area contributed by atoms with Gasteiger partial charge in [-0.15, -0.1) is 11.3 Å².